The zero-order valence-electron chi connectivity index (χ0n) is 11.5. The Morgan fingerprint density at radius 3 is 2.00 bits per heavy atom. The van der Waals surface area contributed by atoms with Crippen LogP contribution < -0.4 is 0 Å². The first kappa shape index (κ1) is 13.9. The van der Waals surface area contributed by atoms with Crippen molar-refractivity contribution in [3.8, 4) is 23.7 Å². The van der Waals surface area contributed by atoms with Crippen LogP contribution >= 0.6 is 0 Å². The highest BCUT2D eigenvalue weighted by Crippen LogP contribution is 1.97. The summed E-state index contributed by atoms with van der Waals surface area (Å²) in [6.45, 7) is 2.32. The maximum Gasteiger partial charge on any atom is 0.117 e. The van der Waals surface area contributed by atoms with Crippen LogP contribution in [-0.4, -0.2) is 12.7 Å². The van der Waals surface area contributed by atoms with Crippen molar-refractivity contribution < 1.29 is 4.74 Å². The average molecular weight is 260 g/mol. The molecule has 1 heteroatoms. The Morgan fingerprint density at radius 1 is 0.850 bits per heavy atom. The van der Waals surface area contributed by atoms with E-state index in [2.05, 4.69) is 23.7 Å². The lowest BCUT2D eigenvalue weighted by molar-refractivity contribution is 0.134. The van der Waals surface area contributed by atoms with Gasteiger partial charge in [0.25, 0.3) is 0 Å². The number of rotatable bonds is 2. The lowest BCUT2D eigenvalue weighted by Gasteiger charge is -2.01. The van der Waals surface area contributed by atoms with Crippen molar-refractivity contribution in [2.24, 2.45) is 0 Å². The molecule has 0 fully saturated rings. The molecule has 0 amide bonds. The largest absolute Gasteiger partial charge is 0.353 e. The Bertz CT molecular complexity index is 636. The molecule has 0 saturated heterocycles. The lowest BCUT2D eigenvalue weighted by atomic mass is 10.2. The maximum atomic E-state index is 5.54. The van der Waals surface area contributed by atoms with E-state index in [1.165, 1.54) is 0 Å². The van der Waals surface area contributed by atoms with Gasteiger partial charge in [-0.3, -0.25) is 0 Å². The predicted octanol–water partition coefficient (Wildman–Crippen LogP) is 3.49. The van der Waals surface area contributed by atoms with Crippen LogP contribution in [-0.2, 0) is 4.74 Å². The van der Waals surface area contributed by atoms with Gasteiger partial charge in [0.15, 0.2) is 0 Å². The normalized spacial score (nSPS) is 10.7. The monoisotopic (exact) mass is 260 g/mol. The van der Waals surface area contributed by atoms with Crippen molar-refractivity contribution in [1.29, 1.82) is 0 Å². The highest BCUT2D eigenvalue weighted by Gasteiger charge is 1.93. The van der Waals surface area contributed by atoms with Crippen LogP contribution in [0.3, 0.4) is 0 Å². The Balaban J connectivity index is 1.81. The van der Waals surface area contributed by atoms with Gasteiger partial charge < -0.3 is 4.74 Å². The third-order valence-electron chi connectivity index (χ3n) is 2.61. The highest BCUT2D eigenvalue weighted by atomic mass is 16.5. The minimum Gasteiger partial charge on any atom is -0.353 e. The van der Waals surface area contributed by atoms with E-state index in [1.54, 1.807) is 0 Å². The van der Waals surface area contributed by atoms with Crippen LogP contribution in [0.25, 0.3) is 0 Å². The van der Waals surface area contributed by atoms with Crippen molar-refractivity contribution in [3.05, 3.63) is 71.8 Å². The van der Waals surface area contributed by atoms with Crippen LogP contribution in [0.5, 0.6) is 0 Å². The second-order valence-corrected chi connectivity index (χ2v) is 4.26. The fourth-order valence-electron chi connectivity index (χ4n) is 1.57. The number of benzene rings is 2. The zero-order chi connectivity index (χ0) is 14.0. The first-order valence-corrected chi connectivity index (χ1v) is 6.57. The van der Waals surface area contributed by atoms with Crippen LogP contribution in [0.15, 0.2) is 60.7 Å². The molecule has 0 aliphatic rings. The molecule has 98 valence electrons. The molecule has 2 rings (SSSR count). The molecule has 1 unspecified atom stereocenters. The van der Waals surface area contributed by atoms with Crippen LogP contribution in [0.4, 0.5) is 0 Å². The molecule has 1 atom stereocenters. The fraction of sp³-hybridized carbons (Fsp3) is 0.158. The summed E-state index contributed by atoms with van der Waals surface area (Å²) in [6.07, 6.45) is -0.125. The summed E-state index contributed by atoms with van der Waals surface area (Å²) >= 11 is 0. The van der Waals surface area contributed by atoms with Gasteiger partial charge in [0.2, 0.25) is 0 Å². The molecule has 20 heavy (non-hydrogen) atoms. The maximum absolute atomic E-state index is 5.54. The van der Waals surface area contributed by atoms with Crippen LogP contribution in [0.2, 0.25) is 0 Å². The molecule has 0 aliphatic carbocycles. The van der Waals surface area contributed by atoms with Crippen molar-refractivity contribution >= 4 is 0 Å². The summed E-state index contributed by atoms with van der Waals surface area (Å²) in [5.74, 6) is 12.2. The lowest BCUT2D eigenvalue weighted by Crippen LogP contribution is -2.05. The summed E-state index contributed by atoms with van der Waals surface area (Å²) in [5.41, 5.74) is 2.00. The molecule has 0 aromatic heterocycles. The van der Waals surface area contributed by atoms with Gasteiger partial charge in [-0.25, -0.2) is 0 Å². The van der Waals surface area contributed by atoms with E-state index in [4.69, 9.17) is 4.74 Å². The number of hydrogen-bond donors (Lipinski definition) is 0. The molecular formula is C19H16O. The molecule has 0 heterocycles. The van der Waals surface area contributed by atoms with Gasteiger partial charge in [0.1, 0.15) is 12.7 Å². The van der Waals surface area contributed by atoms with E-state index in [0.29, 0.717) is 6.61 Å². The second kappa shape index (κ2) is 7.85. The molecule has 2 aromatic rings. The van der Waals surface area contributed by atoms with E-state index in [-0.39, 0.29) is 6.10 Å². The van der Waals surface area contributed by atoms with Crippen molar-refractivity contribution in [2.75, 3.05) is 6.61 Å². The van der Waals surface area contributed by atoms with E-state index < -0.39 is 0 Å². The van der Waals surface area contributed by atoms with Gasteiger partial charge in [-0.15, -0.1) is 0 Å². The Hall–Kier alpha value is -2.48. The van der Waals surface area contributed by atoms with Crippen molar-refractivity contribution in [2.45, 2.75) is 13.0 Å². The van der Waals surface area contributed by atoms with Gasteiger partial charge in [-0.05, 0) is 31.2 Å². The Kier molecular flexibility index (Phi) is 5.47. The topological polar surface area (TPSA) is 9.23 Å². The van der Waals surface area contributed by atoms with E-state index in [0.717, 1.165) is 11.1 Å². The van der Waals surface area contributed by atoms with E-state index in [1.807, 2.05) is 67.6 Å². The summed E-state index contributed by atoms with van der Waals surface area (Å²) in [5, 5.41) is 0. The van der Waals surface area contributed by atoms with Crippen molar-refractivity contribution in [1.82, 2.24) is 0 Å². The smallest absolute Gasteiger partial charge is 0.117 e. The quantitative estimate of drug-likeness (QED) is 0.751. The predicted molar refractivity (Wildman–Crippen MR) is 82.1 cm³/mol. The summed E-state index contributed by atoms with van der Waals surface area (Å²) in [6, 6.07) is 19.8. The minimum atomic E-state index is -0.125. The third kappa shape index (κ3) is 5.02. The Labute approximate surface area is 120 Å². The molecule has 1 nitrogen and oxygen atoms in total. The minimum absolute atomic E-state index is 0.125. The fourth-order valence-corrected chi connectivity index (χ4v) is 1.57. The molecule has 2 aromatic carbocycles. The molecule has 0 saturated carbocycles. The molecule has 0 bridgehead atoms. The van der Waals surface area contributed by atoms with Gasteiger partial charge in [0.05, 0.1) is 0 Å². The SMILES string of the molecule is CC(C#Cc1ccccc1)OCC#Cc1ccccc1. The van der Waals surface area contributed by atoms with Gasteiger partial charge >= 0.3 is 0 Å². The summed E-state index contributed by atoms with van der Waals surface area (Å²) in [7, 11) is 0. The second-order valence-electron chi connectivity index (χ2n) is 4.26. The molecule has 0 spiro atoms. The molecule has 0 N–H and O–H groups in total. The Morgan fingerprint density at radius 2 is 1.40 bits per heavy atom. The first-order valence-electron chi connectivity index (χ1n) is 6.57. The highest BCUT2D eigenvalue weighted by molar-refractivity contribution is 5.35. The van der Waals surface area contributed by atoms with Crippen LogP contribution in [0.1, 0.15) is 18.1 Å². The van der Waals surface area contributed by atoms with E-state index in [9.17, 15) is 0 Å². The van der Waals surface area contributed by atoms with Gasteiger partial charge in [-0.2, -0.15) is 0 Å². The number of ether oxygens (including phenoxy) is 1. The molecular weight excluding hydrogens is 244 g/mol. The van der Waals surface area contributed by atoms with Crippen molar-refractivity contribution in [3.63, 3.8) is 0 Å². The standard InChI is InChI=1S/C19H16O/c1-17(14-15-19-11-6-3-7-12-19)20-16-8-13-18-9-4-2-5-10-18/h2-7,9-12,17H,16H2,1H3. The molecule has 0 aliphatic heterocycles. The zero-order valence-corrected chi connectivity index (χ0v) is 11.5. The summed E-state index contributed by atoms with van der Waals surface area (Å²) < 4.78 is 5.54. The summed E-state index contributed by atoms with van der Waals surface area (Å²) in [4.78, 5) is 0. The average Bonchev–Trinajstić information content (AvgIpc) is 2.52. The van der Waals surface area contributed by atoms with Gasteiger partial charge in [0, 0.05) is 11.1 Å². The first-order chi connectivity index (χ1) is 9.84. The third-order valence-corrected chi connectivity index (χ3v) is 2.61. The molecule has 0 radical (unpaired) electrons. The van der Waals surface area contributed by atoms with Crippen LogP contribution in [0, 0.1) is 23.7 Å². The van der Waals surface area contributed by atoms with E-state index >= 15 is 0 Å². The number of hydrogen-bond acceptors (Lipinski definition) is 1. The van der Waals surface area contributed by atoms with Gasteiger partial charge in [-0.1, -0.05) is 60.1 Å².